The molecule has 0 aromatic heterocycles. The number of guanidine groups is 1. The highest BCUT2D eigenvalue weighted by Gasteiger charge is 2.24. The maximum absolute atomic E-state index is 12.5. The minimum absolute atomic E-state index is 0.0157. The van der Waals surface area contributed by atoms with E-state index in [-0.39, 0.29) is 11.5 Å². The summed E-state index contributed by atoms with van der Waals surface area (Å²) in [6.07, 6.45) is -0.503. The largest absolute Gasteiger partial charge is 0.490 e. The maximum Gasteiger partial charge on any atom is 0.408 e. The summed E-state index contributed by atoms with van der Waals surface area (Å²) < 4.78 is 40.2. The second-order valence-corrected chi connectivity index (χ2v) is 8.38. The van der Waals surface area contributed by atoms with Crippen LogP contribution in [0.5, 0.6) is 11.5 Å². The van der Waals surface area contributed by atoms with Gasteiger partial charge in [0.15, 0.2) is 17.5 Å². The number of aliphatic imine (C=N–C) groups is 1. The quantitative estimate of drug-likeness (QED) is 0.398. The van der Waals surface area contributed by atoms with E-state index in [1.807, 2.05) is 13.8 Å². The van der Waals surface area contributed by atoms with Gasteiger partial charge in [0.2, 0.25) is 0 Å². The number of carbonyl (C=O) groups is 1. The summed E-state index contributed by atoms with van der Waals surface area (Å²) in [5, 5.41) is 9.08. The van der Waals surface area contributed by atoms with E-state index in [0.717, 1.165) is 5.56 Å². The van der Waals surface area contributed by atoms with Gasteiger partial charge in [-0.3, -0.25) is 4.99 Å². The molecule has 0 aliphatic heterocycles. The van der Waals surface area contributed by atoms with E-state index in [4.69, 9.17) is 9.47 Å². The summed E-state index contributed by atoms with van der Waals surface area (Å²) in [6, 6.07) is 4.74. The molecule has 0 atom stereocenters. The van der Waals surface area contributed by atoms with Gasteiger partial charge in [0.25, 0.3) is 0 Å². The molecule has 0 unspecified atom stereocenters. The molecule has 0 aliphatic carbocycles. The molecule has 31 heavy (non-hydrogen) atoms. The molecule has 1 aromatic rings. The van der Waals surface area contributed by atoms with Crippen LogP contribution in [0.1, 0.15) is 47.1 Å². The normalized spacial score (nSPS) is 12.4. The third-order valence-electron chi connectivity index (χ3n) is 3.74. The Labute approximate surface area is 182 Å². The van der Waals surface area contributed by atoms with Gasteiger partial charge < -0.3 is 30.2 Å². The second-order valence-electron chi connectivity index (χ2n) is 8.38. The number of rotatable bonds is 9. The number of carbonyl (C=O) groups excluding carboxylic acids is 1. The lowest BCUT2D eigenvalue weighted by Crippen LogP contribution is -2.54. The molecule has 8 nitrogen and oxygen atoms in total. The van der Waals surface area contributed by atoms with Crippen LogP contribution < -0.4 is 25.4 Å². The van der Waals surface area contributed by atoms with E-state index in [1.165, 1.54) is 6.07 Å². The fourth-order valence-electron chi connectivity index (χ4n) is 2.46. The zero-order valence-corrected chi connectivity index (χ0v) is 19.3. The van der Waals surface area contributed by atoms with Crippen LogP contribution in [0, 0.1) is 0 Å². The molecule has 3 N–H and O–H groups in total. The molecule has 0 saturated heterocycles. The number of benzene rings is 1. The van der Waals surface area contributed by atoms with E-state index in [1.54, 1.807) is 46.9 Å². The van der Waals surface area contributed by atoms with Crippen LogP contribution in [0.3, 0.4) is 0 Å². The molecule has 0 radical (unpaired) electrons. The Morgan fingerprint density at radius 2 is 1.81 bits per heavy atom. The number of nitrogens with zero attached hydrogens (tertiary/aromatic N) is 1. The molecule has 0 aliphatic rings. The maximum atomic E-state index is 12.5. The number of alkyl carbamates (subject to hydrolysis) is 1. The first-order chi connectivity index (χ1) is 14.3. The molecule has 0 fully saturated rings. The molecule has 0 spiro atoms. The van der Waals surface area contributed by atoms with Crippen molar-refractivity contribution in [2.24, 2.45) is 4.99 Å². The third kappa shape index (κ3) is 10.7. The highest BCUT2D eigenvalue weighted by atomic mass is 19.3. The van der Waals surface area contributed by atoms with Crippen LogP contribution in [0.25, 0.3) is 0 Å². The predicted molar refractivity (Wildman–Crippen MR) is 116 cm³/mol. The minimum Gasteiger partial charge on any atom is -0.490 e. The van der Waals surface area contributed by atoms with Gasteiger partial charge in [-0.05, 0) is 59.2 Å². The van der Waals surface area contributed by atoms with Crippen molar-refractivity contribution in [3.63, 3.8) is 0 Å². The molecular weight excluding hydrogens is 410 g/mol. The molecule has 10 heteroatoms. The highest BCUT2D eigenvalue weighted by Crippen LogP contribution is 2.29. The number of nitrogens with one attached hydrogen (secondary N) is 3. The van der Waals surface area contributed by atoms with Gasteiger partial charge in [-0.15, -0.1) is 0 Å². The zero-order valence-electron chi connectivity index (χ0n) is 19.3. The number of hydrogen-bond donors (Lipinski definition) is 3. The van der Waals surface area contributed by atoms with Crippen molar-refractivity contribution < 1.29 is 27.8 Å². The van der Waals surface area contributed by atoms with Crippen LogP contribution in [-0.2, 0) is 11.3 Å². The second kappa shape index (κ2) is 11.6. The number of hydrogen-bond acceptors (Lipinski definition) is 5. The van der Waals surface area contributed by atoms with Crippen molar-refractivity contribution in [1.82, 2.24) is 16.0 Å². The van der Waals surface area contributed by atoms with Crippen LogP contribution in [0.2, 0.25) is 0 Å². The van der Waals surface area contributed by atoms with Crippen molar-refractivity contribution >= 4 is 12.1 Å². The topological polar surface area (TPSA) is 93.2 Å². The summed E-state index contributed by atoms with van der Waals surface area (Å²) >= 11 is 0. The first kappa shape index (κ1) is 26.3. The van der Waals surface area contributed by atoms with E-state index < -0.39 is 23.8 Å². The van der Waals surface area contributed by atoms with E-state index in [0.29, 0.717) is 25.7 Å². The monoisotopic (exact) mass is 444 g/mol. The average molecular weight is 445 g/mol. The predicted octanol–water partition coefficient (Wildman–Crippen LogP) is 3.66. The lowest BCUT2D eigenvalue weighted by Gasteiger charge is -2.29. The first-order valence-corrected chi connectivity index (χ1v) is 10.0. The Morgan fingerprint density at radius 3 is 2.35 bits per heavy atom. The Balaban J connectivity index is 2.65. The standard InChI is InChI=1S/C21H34F2N4O4/c1-8-29-16-11-14(9-10-15(16)30-17(22)23)12-25-18(24-7)26-13-21(5,6)27-19(28)31-20(2,3)4/h9-11,17H,8,12-13H2,1-7H3,(H,27,28)(H2,24,25,26). The smallest absolute Gasteiger partial charge is 0.408 e. The Morgan fingerprint density at radius 1 is 1.13 bits per heavy atom. The lowest BCUT2D eigenvalue weighted by molar-refractivity contribution is -0.0514. The number of alkyl halides is 2. The SMILES string of the molecule is CCOc1cc(CNC(=NC)NCC(C)(C)NC(=O)OC(C)(C)C)ccc1OC(F)F. The molecule has 1 amide bonds. The van der Waals surface area contributed by atoms with E-state index in [9.17, 15) is 13.6 Å². The number of amides is 1. The van der Waals surface area contributed by atoms with Crippen molar-refractivity contribution in [2.75, 3.05) is 20.2 Å². The van der Waals surface area contributed by atoms with Crippen molar-refractivity contribution in [3.05, 3.63) is 23.8 Å². The molecule has 0 saturated carbocycles. The van der Waals surface area contributed by atoms with Gasteiger partial charge in [0.1, 0.15) is 5.60 Å². The molecule has 0 heterocycles. The molecule has 176 valence electrons. The summed E-state index contributed by atoms with van der Waals surface area (Å²) in [7, 11) is 1.62. The number of halogens is 2. The van der Waals surface area contributed by atoms with E-state index in [2.05, 4.69) is 25.7 Å². The number of ether oxygens (including phenoxy) is 3. The Bertz CT molecular complexity index is 749. The van der Waals surface area contributed by atoms with Crippen molar-refractivity contribution in [1.29, 1.82) is 0 Å². The van der Waals surface area contributed by atoms with Crippen LogP contribution in [0.4, 0.5) is 13.6 Å². The fourth-order valence-corrected chi connectivity index (χ4v) is 2.46. The molecule has 0 bridgehead atoms. The molecular formula is C21H34F2N4O4. The van der Waals surface area contributed by atoms with Gasteiger partial charge in [0, 0.05) is 20.1 Å². The summed E-state index contributed by atoms with van der Waals surface area (Å²) in [4.78, 5) is 16.2. The zero-order chi connectivity index (χ0) is 23.7. The summed E-state index contributed by atoms with van der Waals surface area (Å²) in [5.41, 5.74) is -0.392. The van der Waals surface area contributed by atoms with Crippen LogP contribution in [-0.4, -0.2) is 50.0 Å². The van der Waals surface area contributed by atoms with Crippen LogP contribution >= 0.6 is 0 Å². The first-order valence-electron chi connectivity index (χ1n) is 10.0. The van der Waals surface area contributed by atoms with Gasteiger partial charge in [0.05, 0.1) is 12.1 Å². The summed E-state index contributed by atoms with van der Waals surface area (Å²) in [6.45, 7) is 9.01. The van der Waals surface area contributed by atoms with Gasteiger partial charge in [-0.1, -0.05) is 6.07 Å². The lowest BCUT2D eigenvalue weighted by atomic mass is 10.1. The van der Waals surface area contributed by atoms with Crippen molar-refractivity contribution in [2.45, 2.75) is 65.8 Å². The van der Waals surface area contributed by atoms with Gasteiger partial charge in [-0.25, -0.2) is 4.79 Å². The molecule has 1 rings (SSSR count). The van der Waals surface area contributed by atoms with Crippen LogP contribution in [0.15, 0.2) is 23.2 Å². The fraction of sp³-hybridized carbons (Fsp3) is 0.619. The Hall–Kier alpha value is -2.78. The highest BCUT2D eigenvalue weighted by molar-refractivity contribution is 5.79. The van der Waals surface area contributed by atoms with E-state index >= 15 is 0 Å². The summed E-state index contributed by atoms with van der Waals surface area (Å²) in [5.74, 6) is 0.732. The van der Waals surface area contributed by atoms with Gasteiger partial charge >= 0.3 is 12.7 Å². The Kier molecular flexibility index (Phi) is 9.80. The van der Waals surface area contributed by atoms with Crippen molar-refractivity contribution in [3.8, 4) is 11.5 Å². The molecule has 1 aromatic carbocycles. The van der Waals surface area contributed by atoms with Gasteiger partial charge in [-0.2, -0.15) is 8.78 Å². The third-order valence-corrected chi connectivity index (χ3v) is 3.74. The average Bonchev–Trinajstić information content (AvgIpc) is 2.61. The minimum atomic E-state index is -2.93.